The molecule has 0 spiro atoms. The molecule has 0 aliphatic carbocycles. The summed E-state index contributed by atoms with van der Waals surface area (Å²) in [5.41, 5.74) is 2.82. The summed E-state index contributed by atoms with van der Waals surface area (Å²) in [5.74, 6) is -3.59. The molecule has 0 N–H and O–H groups in total. The number of ether oxygens (including phenoxy) is 1. The van der Waals surface area contributed by atoms with Crippen molar-refractivity contribution in [3.63, 3.8) is 0 Å². The van der Waals surface area contributed by atoms with Crippen LogP contribution in [0.25, 0.3) is 11.3 Å². The van der Waals surface area contributed by atoms with Crippen LogP contribution in [0.1, 0.15) is 53.3 Å². The molecule has 10 heteroatoms. The second kappa shape index (κ2) is 7.36. The Morgan fingerprint density at radius 1 is 1.15 bits per heavy atom. The monoisotopic (exact) mass is 457 g/mol. The highest BCUT2D eigenvalue weighted by molar-refractivity contribution is 5.97. The molecule has 2 aromatic heterocycles. The van der Waals surface area contributed by atoms with Crippen molar-refractivity contribution in [2.24, 2.45) is 7.05 Å². The smallest absolute Gasteiger partial charge is 0.261 e. The van der Waals surface area contributed by atoms with E-state index in [9.17, 15) is 18.0 Å². The molecule has 6 rings (SSSR count). The molecule has 2 atom stereocenters. The van der Waals surface area contributed by atoms with Crippen molar-refractivity contribution in [2.75, 3.05) is 6.61 Å². The van der Waals surface area contributed by atoms with E-state index in [2.05, 4.69) is 10.2 Å². The van der Waals surface area contributed by atoms with Gasteiger partial charge in [-0.3, -0.25) is 9.48 Å². The highest BCUT2D eigenvalue weighted by atomic mass is 19.2. The Hall–Kier alpha value is -3.30. The van der Waals surface area contributed by atoms with Crippen LogP contribution in [0.3, 0.4) is 0 Å². The van der Waals surface area contributed by atoms with Crippen LogP contribution in [-0.4, -0.2) is 43.0 Å². The van der Waals surface area contributed by atoms with E-state index in [1.165, 1.54) is 0 Å². The zero-order chi connectivity index (χ0) is 22.9. The number of carbonyl (C=O) groups is 1. The van der Waals surface area contributed by atoms with Crippen molar-refractivity contribution in [2.45, 2.75) is 50.7 Å². The van der Waals surface area contributed by atoms with Crippen LogP contribution in [-0.2, 0) is 20.0 Å². The number of fused-ring (bicyclic) bond motifs is 5. The molecular formula is C23H22F3N5O2. The zero-order valence-corrected chi connectivity index (χ0v) is 18.0. The first kappa shape index (κ1) is 20.3. The minimum Gasteiger partial charge on any atom is -0.477 e. The van der Waals surface area contributed by atoms with E-state index in [4.69, 9.17) is 4.74 Å². The van der Waals surface area contributed by atoms with E-state index in [1.54, 1.807) is 22.6 Å². The lowest BCUT2D eigenvalue weighted by molar-refractivity contribution is 0.0386. The van der Waals surface area contributed by atoms with Crippen molar-refractivity contribution in [1.82, 2.24) is 24.5 Å². The summed E-state index contributed by atoms with van der Waals surface area (Å²) in [5, 5.41) is 8.98. The quantitative estimate of drug-likeness (QED) is 0.550. The maximum absolute atomic E-state index is 14.0. The van der Waals surface area contributed by atoms with Gasteiger partial charge >= 0.3 is 0 Å². The predicted molar refractivity (Wildman–Crippen MR) is 111 cm³/mol. The topological polar surface area (TPSA) is 65.2 Å². The van der Waals surface area contributed by atoms with Crippen LogP contribution in [0.15, 0.2) is 18.3 Å². The number of carbonyl (C=O) groups excluding carboxylic acids is 1. The molecule has 1 fully saturated rings. The van der Waals surface area contributed by atoms with Crippen molar-refractivity contribution in [1.29, 1.82) is 0 Å². The minimum atomic E-state index is -1.49. The first-order chi connectivity index (χ1) is 15.9. The Labute approximate surface area is 187 Å². The second-order valence-corrected chi connectivity index (χ2v) is 8.90. The van der Waals surface area contributed by atoms with Crippen LogP contribution >= 0.6 is 0 Å². The van der Waals surface area contributed by atoms with E-state index in [0.717, 1.165) is 49.1 Å². The standard InChI is InChI=1S/C23H22F3N5O2/c1-29-21(12-8-16(24)19(26)17(25)9-12)14-10-13-4-2-5-18(20(14)28-29)31(13)22(32)15-11-27-30-6-3-7-33-23(15)30/h8-9,11,13,18H,2-7,10H2,1H3/t13-,18+/m0/s1. The molecule has 1 amide bonds. The molecule has 33 heavy (non-hydrogen) atoms. The Balaban J connectivity index is 1.42. The number of aromatic nitrogens is 4. The molecule has 0 unspecified atom stereocenters. The summed E-state index contributed by atoms with van der Waals surface area (Å²) < 4.78 is 50.5. The van der Waals surface area contributed by atoms with Crippen LogP contribution in [0.4, 0.5) is 13.2 Å². The Morgan fingerprint density at radius 2 is 1.94 bits per heavy atom. The van der Waals surface area contributed by atoms with E-state index in [1.807, 2.05) is 4.90 Å². The van der Waals surface area contributed by atoms with Gasteiger partial charge in [0.05, 0.1) is 30.2 Å². The van der Waals surface area contributed by atoms with Gasteiger partial charge < -0.3 is 9.64 Å². The highest BCUT2D eigenvalue weighted by Crippen LogP contribution is 2.45. The van der Waals surface area contributed by atoms with Crippen LogP contribution in [0.5, 0.6) is 5.88 Å². The summed E-state index contributed by atoms with van der Waals surface area (Å²) in [6.45, 7) is 1.27. The number of piperidine rings is 1. The average molecular weight is 457 g/mol. The molecule has 2 bridgehead atoms. The molecule has 172 valence electrons. The summed E-state index contributed by atoms with van der Waals surface area (Å²) in [4.78, 5) is 15.5. The largest absolute Gasteiger partial charge is 0.477 e. The maximum atomic E-state index is 14.0. The third-order valence-electron chi connectivity index (χ3n) is 6.94. The van der Waals surface area contributed by atoms with Crippen molar-refractivity contribution < 1.29 is 22.7 Å². The van der Waals surface area contributed by atoms with Gasteiger partial charge in [0.15, 0.2) is 17.5 Å². The summed E-state index contributed by atoms with van der Waals surface area (Å²) in [6.07, 6.45) is 5.43. The Bertz CT molecular complexity index is 1260. The number of amides is 1. The van der Waals surface area contributed by atoms with Gasteiger partial charge in [-0.05, 0) is 37.8 Å². The van der Waals surface area contributed by atoms with Gasteiger partial charge in [-0.1, -0.05) is 0 Å². The first-order valence-electron chi connectivity index (χ1n) is 11.2. The maximum Gasteiger partial charge on any atom is 0.261 e. The Kier molecular flexibility index (Phi) is 4.53. The summed E-state index contributed by atoms with van der Waals surface area (Å²) >= 11 is 0. The van der Waals surface area contributed by atoms with E-state index >= 15 is 0 Å². The number of hydrogen-bond donors (Lipinski definition) is 0. The molecule has 0 saturated carbocycles. The highest BCUT2D eigenvalue weighted by Gasteiger charge is 2.44. The molecule has 1 aromatic carbocycles. The number of nitrogens with zero attached hydrogens (tertiary/aromatic N) is 5. The van der Waals surface area contributed by atoms with Crippen molar-refractivity contribution >= 4 is 5.91 Å². The summed E-state index contributed by atoms with van der Waals surface area (Å²) in [7, 11) is 1.70. The molecule has 5 heterocycles. The zero-order valence-electron chi connectivity index (χ0n) is 18.0. The van der Waals surface area contributed by atoms with E-state index in [-0.39, 0.29) is 23.6 Å². The second-order valence-electron chi connectivity index (χ2n) is 8.90. The van der Waals surface area contributed by atoms with Gasteiger partial charge in [-0.15, -0.1) is 0 Å². The Morgan fingerprint density at radius 3 is 2.73 bits per heavy atom. The molecule has 1 saturated heterocycles. The SMILES string of the molecule is Cn1nc2c(c1-c1cc(F)c(F)c(F)c1)C[C@@H]1CCC[C@H]2N1C(=O)c1cnn2c1OCCC2. The molecular weight excluding hydrogens is 435 g/mol. The number of rotatable bonds is 2. The third kappa shape index (κ3) is 2.99. The lowest BCUT2D eigenvalue weighted by atomic mass is 9.81. The van der Waals surface area contributed by atoms with Crippen LogP contribution in [0.2, 0.25) is 0 Å². The summed E-state index contributed by atoms with van der Waals surface area (Å²) in [6, 6.07) is 1.66. The fourth-order valence-corrected chi connectivity index (χ4v) is 5.56. The lowest BCUT2D eigenvalue weighted by Gasteiger charge is -2.45. The predicted octanol–water partition coefficient (Wildman–Crippen LogP) is 3.78. The van der Waals surface area contributed by atoms with Gasteiger partial charge in [-0.25, -0.2) is 17.9 Å². The van der Waals surface area contributed by atoms with Crippen molar-refractivity contribution in [3.8, 4) is 17.1 Å². The minimum absolute atomic E-state index is 0.0824. The number of hydrogen-bond acceptors (Lipinski definition) is 4. The number of aryl methyl sites for hydroxylation is 2. The van der Waals surface area contributed by atoms with Gasteiger partial charge in [-0.2, -0.15) is 10.2 Å². The number of benzene rings is 1. The van der Waals surface area contributed by atoms with Crippen LogP contribution in [0, 0.1) is 17.5 Å². The molecule has 3 aliphatic heterocycles. The normalized spacial score (nSPS) is 21.4. The van der Waals surface area contributed by atoms with Crippen LogP contribution < -0.4 is 4.74 Å². The molecule has 7 nitrogen and oxygen atoms in total. The fraction of sp³-hybridized carbons (Fsp3) is 0.435. The number of halogens is 3. The van der Waals surface area contributed by atoms with Gasteiger partial charge in [0.1, 0.15) is 5.56 Å². The third-order valence-corrected chi connectivity index (χ3v) is 6.94. The van der Waals surface area contributed by atoms with Gasteiger partial charge in [0.2, 0.25) is 5.88 Å². The fourth-order valence-electron chi connectivity index (χ4n) is 5.56. The van der Waals surface area contributed by atoms with Crippen molar-refractivity contribution in [3.05, 3.63) is 52.6 Å². The first-order valence-corrected chi connectivity index (χ1v) is 11.2. The van der Waals surface area contributed by atoms with Gasteiger partial charge in [0.25, 0.3) is 5.91 Å². The molecule has 0 radical (unpaired) electrons. The molecule has 3 aliphatic rings. The van der Waals surface area contributed by atoms with E-state index in [0.29, 0.717) is 36.7 Å². The lowest BCUT2D eigenvalue weighted by Crippen LogP contribution is -2.50. The average Bonchev–Trinajstić information content (AvgIpc) is 3.37. The van der Waals surface area contributed by atoms with E-state index < -0.39 is 17.5 Å². The van der Waals surface area contributed by atoms with Gasteiger partial charge in [0, 0.05) is 37.2 Å². The molecule has 3 aromatic rings.